The Balaban J connectivity index is 1.87. The predicted molar refractivity (Wildman–Crippen MR) is 62.5 cm³/mol. The number of amides is 1. The van der Waals surface area contributed by atoms with E-state index in [1.165, 1.54) is 0 Å². The topological polar surface area (TPSA) is 61.8 Å². The van der Waals surface area contributed by atoms with Crippen LogP contribution in [0.2, 0.25) is 0 Å². The van der Waals surface area contributed by atoms with Crippen molar-refractivity contribution in [3.63, 3.8) is 0 Å². The molecule has 0 aliphatic carbocycles. The molecular formula is C10H18N2O3S. The summed E-state index contributed by atoms with van der Waals surface area (Å²) >= 11 is 1.81. The molecule has 1 amide bonds. The summed E-state index contributed by atoms with van der Waals surface area (Å²) in [5.74, 6) is 2.07. The number of morpholine rings is 1. The largest absolute Gasteiger partial charge is 0.394 e. The van der Waals surface area contributed by atoms with Crippen LogP contribution in [0.4, 0.5) is 0 Å². The van der Waals surface area contributed by atoms with Gasteiger partial charge in [0.2, 0.25) is 5.91 Å². The van der Waals surface area contributed by atoms with Crippen molar-refractivity contribution in [1.29, 1.82) is 0 Å². The quantitative estimate of drug-likeness (QED) is 0.648. The Morgan fingerprint density at radius 3 is 3.19 bits per heavy atom. The van der Waals surface area contributed by atoms with Crippen LogP contribution in [0.3, 0.4) is 0 Å². The Hall–Kier alpha value is -0.300. The maximum absolute atomic E-state index is 12.1. The zero-order valence-corrected chi connectivity index (χ0v) is 10.0. The Morgan fingerprint density at radius 1 is 1.62 bits per heavy atom. The molecule has 0 aromatic rings. The maximum Gasteiger partial charge on any atom is 0.240 e. The normalized spacial score (nSPS) is 31.4. The summed E-state index contributed by atoms with van der Waals surface area (Å²) in [4.78, 5) is 13.9. The summed E-state index contributed by atoms with van der Waals surface area (Å²) in [5, 5.41) is 12.3. The standard InChI is InChI=1S/C10H18N2O3S/c13-6-8-5-12(2-3-15-8)10(14)9-7-16-4-1-11-9/h8-9,11,13H,1-7H2. The highest BCUT2D eigenvalue weighted by atomic mass is 32.2. The van der Waals surface area contributed by atoms with Crippen molar-refractivity contribution in [2.45, 2.75) is 12.1 Å². The van der Waals surface area contributed by atoms with E-state index in [1.54, 1.807) is 4.90 Å². The highest BCUT2D eigenvalue weighted by Crippen LogP contribution is 2.12. The molecule has 2 heterocycles. The van der Waals surface area contributed by atoms with Crippen LogP contribution >= 0.6 is 11.8 Å². The summed E-state index contributed by atoms with van der Waals surface area (Å²) in [6, 6.07) is -0.0591. The zero-order valence-electron chi connectivity index (χ0n) is 9.22. The van der Waals surface area contributed by atoms with Gasteiger partial charge in [-0.2, -0.15) is 11.8 Å². The van der Waals surface area contributed by atoms with Crippen molar-refractivity contribution in [2.24, 2.45) is 0 Å². The third-order valence-electron chi connectivity index (χ3n) is 2.87. The number of ether oxygens (including phenoxy) is 1. The number of hydrogen-bond donors (Lipinski definition) is 2. The molecule has 2 rings (SSSR count). The fourth-order valence-electron chi connectivity index (χ4n) is 1.97. The molecule has 0 saturated carbocycles. The lowest BCUT2D eigenvalue weighted by molar-refractivity contribution is -0.141. The first-order valence-corrected chi connectivity index (χ1v) is 6.79. The number of aliphatic hydroxyl groups is 1. The van der Waals surface area contributed by atoms with Crippen molar-refractivity contribution in [1.82, 2.24) is 10.2 Å². The second-order valence-electron chi connectivity index (χ2n) is 4.04. The van der Waals surface area contributed by atoms with Gasteiger partial charge in [-0.1, -0.05) is 0 Å². The van der Waals surface area contributed by atoms with Crippen LogP contribution in [0.25, 0.3) is 0 Å². The van der Waals surface area contributed by atoms with Gasteiger partial charge in [-0.15, -0.1) is 0 Å². The smallest absolute Gasteiger partial charge is 0.240 e. The van der Waals surface area contributed by atoms with E-state index in [-0.39, 0.29) is 24.7 Å². The SMILES string of the molecule is O=C(C1CSCCN1)N1CCOC(CO)C1. The van der Waals surface area contributed by atoms with Gasteiger partial charge in [0.25, 0.3) is 0 Å². The minimum atomic E-state index is -0.214. The average Bonchev–Trinajstić information content (AvgIpc) is 2.39. The van der Waals surface area contributed by atoms with Gasteiger partial charge in [0.05, 0.1) is 25.4 Å². The van der Waals surface area contributed by atoms with Crippen LogP contribution in [0.5, 0.6) is 0 Å². The van der Waals surface area contributed by atoms with E-state index in [9.17, 15) is 4.79 Å². The van der Waals surface area contributed by atoms with Crippen molar-refractivity contribution in [3.05, 3.63) is 0 Å². The molecule has 2 unspecified atom stereocenters. The number of hydrogen-bond acceptors (Lipinski definition) is 5. The minimum Gasteiger partial charge on any atom is -0.394 e. The molecule has 2 aliphatic heterocycles. The van der Waals surface area contributed by atoms with Gasteiger partial charge in [-0.3, -0.25) is 4.79 Å². The van der Waals surface area contributed by atoms with Crippen molar-refractivity contribution in [3.8, 4) is 0 Å². The Labute approximate surface area is 99.5 Å². The first kappa shape index (κ1) is 12.2. The highest BCUT2D eigenvalue weighted by Gasteiger charge is 2.29. The lowest BCUT2D eigenvalue weighted by Gasteiger charge is -2.35. The third kappa shape index (κ3) is 2.88. The molecule has 0 spiro atoms. The molecular weight excluding hydrogens is 228 g/mol. The van der Waals surface area contributed by atoms with E-state index in [0.29, 0.717) is 19.7 Å². The Kier molecular flexibility index (Phi) is 4.45. The second-order valence-corrected chi connectivity index (χ2v) is 5.19. The fraction of sp³-hybridized carbons (Fsp3) is 0.900. The van der Waals surface area contributed by atoms with Gasteiger partial charge >= 0.3 is 0 Å². The molecule has 0 bridgehead atoms. The van der Waals surface area contributed by atoms with Crippen LogP contribution in [-0.4, -0.2) is 72.4 Å². The van der Waals surface area contributed by atoms with E-state index in [0.717, 1.165) is 18.1 Å². The van der Waals surface area contributed by atoms with Crippen LogP contribution in [-0.2, 0) is 9.53 Å². The Bertz CT molecular complexity index is 246. The van der Waals surface area contributed by atoms with Crippen molar-refractivity contribution in [2.75, 3.05) is 44.4 Å². The predicted octanol–water partition coefficient (Wildman–Crippen LogP) is -1.09. The number of aliphatic hydroxyl groups excluding tert-OH is 1. The number of carbonyl (C=O) groups is 1. The number of nitrogens with zero attached hydrogens (tertiary/aromatic N) is 1. The maximum atomic E-state index is 12.1. The molecule has 16 heavy (non-hydrogen) atoms. The fourth-order valence-corrected chi connectivity index (χ4v) is 2.90. The van der Waals surface area contributed by atoms with E-state index in [4.69, 9.17) is 9.84 Å². The molecule has 2 N–H and O–H groups in total. The van der Waals surface area contributed by atoms with E-state index >= 15 is 0 Å². The number of nitrogens with one attached hydrogen (secondary N) is 1. The van der Waals surface area contributed by atoms with Gasteiger partial charge < -0.3 is 20.1 Å². The molecule has 0 radical (unpaired) electrons. The van der Waals surface area contributed by atoms with Crippen molar-refractivity contribution < 1.29 is 14.6 Å². The average molecular weight is 246 g/mol. The van der Waals surface area contributed by atoms with E-state index < -0.39 is 0 Å². The molecule has 2 aliphatic rings. The number of thioether (sulfide) groups is 1. The van der Waals surface area contributed by atoms with E-state index in [2.05, 4.69) is 5.32 Å². The molecule has 2 atom stereocenters. The van der Waals surface area contributed by atoms with Gasteiger partial charge in [-0.05, 0) is 0 Å². The molecule has 0 aromatic heterocycles. The monoisotopic (exact) mass is 246 g/mol. The summed E-state index contributed by atoms with van der Waals surface area (Å²) in [5.41, 5.74) is 0. The van der Waals surface area contributed by atoms with Gasteiger partial charge in [0, 0.05) is 31.1 Å². The van der Waals surface area contributed by atoms with Crippen LogP contribution in [0.1, 0.15) is 0 Å². The lowest BCUT2D eigenvalue weighted by Crippen LogP contribution is -2.55. The summed E-state index contributed by atoms with van der Waals surface area (Å²) in [6.45, 7) is 2.55. The van der Waals surface area contributed by atoms with Crippen molar-refractivity contribution >= 4 is 17.7 Å². The summed E-state index contributed by atoms with van der Waals surface area (Å²) < 4.78 is 5.33. The minimum absolute atomic E-state index is 0.0172. The van der Waals surface area contributed by atoms with Gasteiger partial charge in [-0.25, -0.2) is 0 Å². The number of rotatable bonds is 2. The first-order valence-electron chi connectivity index (χ1n) is 5.63. The Morgan fingerprint density at radius 2 is 2.50 bits per heavy atom. The van der Waals surface area contributed by atoms with Crippen LogP contribution in [0, 0.1) is 0 Å². The molecule has 0 aromatic carbocycles. The van der Waals surface area contributed by atoms with Crippen LogP contribution in [0.15, 0.2) is 0 Å². The molecule has 92 valence electrons. The molecule has 5 nitrogen and oxygen atoms in total. The molecule has 2 fully saturated rings. The van der Waals surface area contributed by atoms with Crippen LogP contribution < -0.4 is 5.32 Å². The molecule has 6 heteroatoms. The summed E-state index contributed by atoms with van der Waals surface area (Å²) in [7, 11) is 0. The summed E-state index contributed by atoms with van der Waals surface area (Å²) in [6.07, 6.45) is -0.214. The first-order chi connectivity index (χ1) is 7.81. The second kappa shape index (κ2) is 5.86. The lowest BCUT2D eigenvalue weighted by atomic mass is 10.2. The highest BCUT2D eigenvalue weighted by molar-refractivity contribution is 7.99. The molecule has 2 saturated heterocycles. The van der Waals surface area contributed by atoms with Gasteiger partial charge in [0.15, 0.2) is 0 Å². The number of carbonyl (C=O) groups excluding carboxylic acids is 1. The van der Waals surface area contributed by atoms with E-state index in [1.807, 2.05) is 11.8 Å². The van der Waals surface area contributed by atoms with Gasteiger partial charge in [0.1, 0.15) is 0 Å². The zero-order chi connectivity index (χ0) is 11.4. The third-order valence-corrected chi connectivity index (χ3v) is 3.94.